The van der Waals surface area contributed by atoms with E-state index in [1.807, 2.05) is 19.3 Å². The van der Waals surface area contributed by atoms with Crippen molar-refractivity contribution in [3.63, 3.8) is 0 Å². The molecule has 1 aliphatic rings. The number of rotatable bonds is 1. The predicted molar refractivity (Wildman–Crippen MR) is 50.7 cm³/mol. The van der Waals surface area contributed by atoms with E-state index >= 15 is 0 Å². The minimum atomic E-state index is 1.02. The zero-order chi connectivity index (χ0) is 8.55. The Morgan fingerprint density at radius 1 is 1.58 bits per heavy atom. The molecule has 12 heavy (non-hydrogen) atoms. The van der Waals surface area contributed by atoms with Crippen molar-refractivity contribution in [2.45, 2.75) is 13.3 Å². The lowest BCUT2D eigenvalue weighted by atomic mass is 10.1. The molecule has 0 aliphatic heterocycles. The molecule has 0 spiro atoms. The van der Waals surface area contributed by atoms with Crippen LogP contribution in [0.25, 0.3) is 6.08 Å². The Bertz CT molecular complexity index is 361. The quantitative estimate of drug-likeness (QED) is 0.610. The van der Waals surface area contributed by atoms with Crippen molar-refractivity contribution in [1.82, 2.24) is 4.98 Å². The summed E-state index contributed by atoms with van der Waals surface area (Å²) in [5.41, 5.74) is 5.10. The monoisotopic (exact) mass is 157 g/mol. The summed E-state index contributed by atoms with van der Waals surface area (Å²) < 4.78 is 0. The fourth-order valence-electron chi connectivity index (χ4n) is 1.44. The molecule has 0 amide bonds. The second kappa shape index (κ2) is 2.59. The van der Waals surface area contributed by atoms with Gasteiger partial charge in [0.2, 0.25) is 0 Å². The molecule has 0 fully saturated rings. The molecule has 1 heteroatoms. The van der Waals surface area contributed by atoms with Gasteiger partial charge >= 0.3 is 0 Å². The van der Waals surface area contributed by atoms with Crippen LogP contribution in [0, 0.1) is 0 Å². The van der Waals surface area contributed by atoms with Gasteiger partial charge in [-0.15, -0.1) is 0 Å². The Balaban J connectivity index is 2.41. The lowest BCUT2D eigenvalue weighted by molar-refractivity contribution is 1.17. The van der Waals surface area contributed by atoms with E-state index in [-0.39, 0.29) is 0 Å². The lowest BCUT2D eigenvalue weighted by Crippen LogP contribution is -1.85. The average Bonchev–Trinajstić information content (AvgIpc) is 2.46. The van der Waals surface area contributed by atoms with Crippen molar-refractivity contribution in [3.05, 3.63) is 47.3 Å². The molecular formula is C11H11N. The van der Waals surface area contributed by atoms with Gasteiger partial charge in [-0.3, -0.25) is 4.98 Å². The van der Waals surface area contributed by atoms with E-state index in [0.717, 1.165) is 12.0 Å². The zero-order valence-corrected chi connectivity index (χ0v) is 7.17. The third-order valence-corrected chi connectivity index (χ3v) is 2.21. The first-order valence-corrected chi connectivity index (χ1v) is 4.07. The average molecular weight is 157 g/mol. The van der Waals surface area contributed by atoms with Crippen LogP contribution in [-0.2, 0) is 6.42 Å². The maximum atomic E-state index is 4.08. The predicted octanol–water partition coefficient (Wildman–Crippen LogP) is 2.60. The van der Waals surface area contributed by atoms with Crippen molar-refractivity contribution in [2.75, 3.05) is 0 Å². The summed E-state index contributed by atoms with van der Waals surface area (Å²) in [7, 11) is 0. The molecule has 0 saturated heterocycles. The molecule has 0 saturated carbocycles. The number of hydrogen-bond donors (Lipinski definition) is 0. The van der Waals surface area contributed by atoms with E-state index < -0.39 is 0 Å². The fraction of sp³-hybridized carbons (Fsp3) is 0.182. The van der Waals surface area contributed by atoms with Crippen LogP contribution in [-0.4, -0.2) is 4.98 Å². The summed E-state index contributed by atoms with van der Waals surface area (Å²) in [6, 6.07) is 2.07. The van der Waals surface area contributed by atoms with Gasteiger partial charge in [0.1, 0.15) is 0 Å². The van der Waals surface area contributed by atoms with E-state index in [1.54, 1.807) is 0 Å². The molecule has 1 heterocycles. The van der Waals surface area contributed by atoms with E-state index in [1.165, 1.54) is 16.7 Å². The Labute approximate surface area is 72.5 Å². The van der Waals surface area contributed by atoms with Gasteiger partial charge in [-0.05, 0) is 42.2 Å². The molecule has 1 aromatic heterocycles. The van der Waals surface area contributed by atoms with Gasteiger partial charge in [0.25, 0.3) is 0 Å². The van der Waals surface area contributed by atoms with Gasteiger partial charge in [-0.2, -0.15) is 0 Å². The minimum Gasteiger partial charge on any atom is -0.264 e. The van der Waals surface area contributed by atoms with Crippen LogP contribution in [0.2, 0.25) is 0 Å². The molecule has 0 aromatic carbocycles. The number of nitrogens with zero attached hydrogens (tertiary/aromatic N) is 1. The van der Waals surface area contributed by atoms with E-state index in [9.17, 15) is 0 Å². The largest absolute Gasteiger partial charge is 0.264 e. The van der Waals surface area contributed by atoms with Gasteiger partial charge in [-0.1, -0.05) is 12.2 Å². The van der Waals surface area contributed by atoms with Gasteiger partial charge in [-0.25, -0.2) is 0 Å². The smallest absolute Gasteiger partial charge is 0.0343 e. The molecule has 1 aliphatic carbocycles. The van der Waals surface area contributed by atoms with Gasteiger partial charge in [0.05, 0.1) is 0 Å². The topological polar surface area (TPSA) is 12.9 Å². The SMILES string of the molecule is C=C(C)C1=Cc2cnccc2C1. The summed E-state index contributed by atoms with van der Waals surface area (Å²) in [6.45, 7) is 5.98. The van der Waals surface area contributed by atoms with Gasteiger partial charge < -0.3 is 0 Å². The number of fused-ring (bicyclic) bond motifs is 1. The Morgan fingerprint density at radius 2 is 2.42 bits per heavy atom. The van der Waals surface area contributed by atoms with E-state index in [2.05, 4.69) is 23.7 Å². The van der Waals surface area contributed by atoms with Crippen LogP contribution < -0.4 is 0 Å². The minimum absolute atomic E-state index is 1.02. The van der Waals surface area contributed by atoms with Crippen molar-refractivity contribution < 1.29 is 0 Å². The second-order valence-corrected chi connectivity index (χ2v) is 3.20. The maximum absolute atomic E-state index is 4.08. The standard InChI is InChI=1S/C11H11N/c1-8(2)10-5-9-3-4-12-7-11(9)6-10/h3-4,6-7H,1,5H2,2H3. The Hall–Kier alpha value is -1.37. The summed E-state index contributed by atoms with van der Waals surface area (Å²) >= 11 is 0. The van der Waals surface area contributed by atoms with Crippen LogP contribution in [0.1, 0.15) is 18.1 Å². The highest BCUT2D eigenvalue weighted by Gasteiger charge is 2.11. The molecule has 1 aromatic rings. The van der Waals surface area contributed by atoms with E-state index in [4.69, 9.17) is 0 Å². The molecule has 0 bridgehead atoms. The molecule has 0 atom stereocenters. The summed E-state index contributed by atoms with van der Waals surface area (Å²) in [6.07, 6.45) is 6.94. The zero-order valence-electron chi connectivity index (χ0n) is 7.17. The summed E-state index contributed by atoms with van der Waals surface area (Å²) in [4.78, 5) is 4.08. The molecule has 60 valence electrons. The molecule has 0 radical (unpaired) electrons. The maximum Gasteiger partial charge on any atom is 0.0343 e. The molecule has 0 unspecified atom stereocenters. The lowest BCUT2D eigenvalue weighted by Gasteiger charge is -1.97. The van der Waals surface area contributed by atoms with Crippen LogP contribution in [0.3, 0.4) is 0 Å². The van der Waals surface area contributed by atoms with Crippen molar-refractivity contribution in [1.29, 1.82) is 0 Å². The summed E-state index contributed by atoms with van der Waals surface area (Å²) in [5.74, 6) is 0. The van der Waals surface area contributed by atoms with Crippen LogP contribution >= 0.6 is 0 Å². The van der Waals surface area contributed by atoms with Crippen molar-refractivity contribution in [3.8, 4) is 0 Å². The Morgan fingerprint density at radius 3 is 3.08 bits per heavy atom. The normalized spacial score (nSPS) is 13.9. The third-order valence-electron chi connectivity index (χ3n) is 2.21. The molecule has 2 rings (SSSR count). The number of hydrogen-bond acceptors (Lipinski definition) is 1. The highest BCUT2D eigenvalue weighted by molar-refractivity contribution is 5.66. The van der Waals surface area contributed by atoms with Crippen LogP contribution in [0.5, 0.6) is 0 Å². The molecular weight excluding hydrogens is 146 g/mol. The highest BCUT2D eigenvalue weighted by atomic mass is 14.6. The fourth-order valence-corrected chi connectivity index (χ4v) is 1.44. The first kappa shape index (κ1) is 7.29. The van der Waals surface area contributed by atoms with Crippen molar-refractivity contribution in [2.24, 2.45) is 0 Å². The molecule has 1 nitrogen and oxygen atoms in total. The van der Waals surface area contributed by atoms with Gasteiger partial charge in [0, 0.05) is 12.4 Å². The van der Waals surface area contributed by atoms with Crippen LogP contribution in [0.15, 0.2) is 36.2 Å². The van der Waals surface area contributed by atoms with E-state index in [0.29, 0.717) is 0 Å². The number of pyridine rings is 1. The molecule has 0 N–H and O–H groups in total. The van der Waals surface area contributed by atoms with Crippen LogP contribution in [0.4, 0.5) is 0 Å². The number of aromatic nitrogens is 1. The Kier molecular flexibility index (Phi) is 1.58. The highest BCUT2D eigenvalue weighted by Crippen LogP contribution is 2.27. The number of allylic oxidation sites excluding steroid dienone is 2. The van der Waals surface area contributed by atoms with Crippen molar-refractivity contribution >= 4 is 6.08 Å². The third kappa shape index (κ3) is 1.07. The first-order valence-electron chi connectivity index (χ1n) is 4.07. The summed E-state index contributed by atoms with van der Waals surface area (Å²) in [5, 5.41) is 0. The first-order chi connectivity index (χ1) is 5.77. The second-order valence-electron chi connectivity index (χ2n) is 3.20. The van der Waals surface area contributed by atoms with Gasteiger partial charge in [0.15, 0.2) is 0 Å².